The lowest BCUT2D eigenvalue weighted by atomic mass is 10.1. The molecule has 21 heavy (non-hydrogen) atoms. The first-order valence-corrected chi connectivity index (χ1v) is 6.70. The molecule has 0 amide bonds. The second-order valence-corrected chi connectivity index (χ2v) is 4.75. The maximum Gasteiger partial charge on any atom is 0.143 e. The highest BCUT2D eigenvalue weighted by molar-refractivity contribution is 6.32. The largest absolute Gasteiger partial charge is 0.339 e. The van der Waals surface area contributed by atoms with Gasteiger partial charge in [0.25, 0.3) is 0 Å². The van der Waals surface area contributed by atoms with Crippen LogP contribution in [-0.2, 0) is 0 Å². The molecule has 0 saturated carbocycles. The molecule has 0 aliphatic carbocycles. The molecule has 0 saturated heterocycles. The van der Waals surface area contributed by atoms with Gasteiger partial charge < -0.3 is 5.32 Å². The van der Waals surface area contributed by atoms with Gasteiger partial charge >= 0.3 is 0 Å². The molecule has 1 N–H and O–H groups in total. The van der Waals surface area contributed by atoms with E-state index in [9.17, 15) is 4.39 Å². The Hall–Kier alpha value is -2.46. The quantitative estimate of drug-likeness (QED) is 0.714. The molecule has 0 aliphatic heterocycles. The number of halogens is 2. The van der Waals surface area contributed by atoms with E-state index in [1.807, 2.05) is 30.3 Å². The van der Waals surface area contributed by atoms with Gasteiger partial charge in [-0.3, -0.25) is 0 Å². The van der Waals surface area contributed by atoms with Gasteiger partial charge in [-0.1, -0.05) is 48.0 Å². The summed E-state index contributed by atoms with van der Waals surface area (Å²) in [4.78, 5) is 8.23. The van der Waals surface area contributed by atoms with E-state index >= 15 is 0 Å². The summed E-state index contributed by atoms with van der Waals surface area (Å²) in [5.74, 6) is 0.216. The van der Waals surface area contributed by atoms with Crippen LogP contribution in [0, 0.1) is 5.82 Å². The van der Waals surface area contributed by atoms with Crippen LogP contribution in [0.4, 0.5) is 15.9 Å². The number of nitrogens with zero attached hydrogens (tertiary/aromatic N) is 2. The summed E-state index contributed by atoms with van der Waals surface area (Å²) in [7, 11) is 0. The molecule has 0 radical (unpaired) electrons. The minimum absolute atomic E-state index is 0.318. The average molecular weight is 300 g/mol. The second kappa shape index (κ2) is 5.89. The summed E-state index contributed by atoms with van der Waals surface area (Å²) >= 11 is 6.20. The van der Waals surface area contributed by atoms with E-state index in [-0.39, 0.29) is 5.82 Å². The van der Waals surface area contributed by atoms with Crippen molar-refractivity contribution in [2.45, 2.75) is 0 Å². The predicted molar refractivity (Wildman–Crippen MR) is 82.2 cm³/mol. The van der Waals surface area contributed by atoms with Crippen LogP contribution < -0.4 is 5.32 Å². The van der Waals surface area contributed by atoms with Crippen molar-refractivity contribution in [3.8, 4) is 11.1 Å². The fourth-order valence-electron chi connectivity index (χ4n) is 2.02. The number of benzene rings is 2. The van der Waals surface area contributed by atoms with Crippen LogP contribution in [0.2, 0.25) is 5.15 Å². The highest BCUT2D eigenvalue weighted by Gasteiger charge is 2.12. The lowest BCUT2D eigenvalue weighted by molar-refractivity contribution is 0.628. The van der Waals surface area contributed by atoms with E-state index in [4.69, 9.17) is 11.6 Å². The van der Waals surface area contributed by atoms with Crippen molar-refractivity contribution in [2.75, 3.05) is 5.32 Å². The van der Waals surface area contributed by atoms with Crippen molar-refractivity contribution < 1.29 is 4.39 Å². The van der Waals surface area contributed by atoms with E-state index in [1.165, 1.54) is 18.5 Å². The van der Waals surface area contributed by atoms with Crippen LogP contribution in [0.15, 0.2) is 60.9 Å². The zero-order valence-electron chi connectivity index (χ0n) is 10.9. The normalized spacial score (nSPS) is 10.4. The summed E-state index contributed by atoms with van der Waals surface area (Å²) in [5, 5.41) is 3.42. The molecule has 0 aliphatic rings. The molecule has 3 rings (SSSR count). The van der Waals surface area contributed by atoms with Crippen LogP contribution in [-0.4, -0.2) is 9.97 Å². The molecular formula is C16H11ClFN3. The van der Waals surface area contributed by atoms with Crippen LogP contribution in [0.25, 0.3) is 11.1 Å². The topological polar surface area (TPSA) is 37.8 Å². The van der Waals surface area contributed by atoms with Gasteiger partial charge in [-0.15, -0.1) is 0 Å². The third kappa shape index (κ3) is 3.01. The van der Waals surface area contributed by atoms with Crippen molar-refractivity contribution in [3.63, 3.8) is 0 Å². The van der Waals surface area contributed by atoms with Gasteiger partial charge in [0.05, 0.1) is 5.56 Å². The Morgan fingerprint density at radius 2 is 1.76 bits per heavy atom. The fourth-order valence-corrected chi connectivity index (χ4v) is 2.26. The van der Waals surface area contributed by atoms with Gasteiger partial charge in [0.2, 0.25) is 0 Å². The Morgan fingerprint density at radius 1 is 0.952 bits per heavy atom. The Labute approximate surface area is 126 Å². The zero-order valence-corrected chi connectivity index (χ0v) is 11.7. The molecule has 3 aromatic rings. The standard InChI is InChI=1S/C16H11ClFN3/c17-15-14(11-5-2-1-3-6-11)16(20-10-19-15)21-13-8-4-7-12(18)9-13/h1-10H,(H,19,20,21). The number of aromatic nitrogens is 2. The molecule has 1 heterocycles. The SMILES string of the molecule is Fc1cccc(Nc2ncnc(Cl)c2-c2ccccc2)c1. The lowest BCUT2D eigenvalue weighted by Gasteiger charge is -2.12. The van der Waals surface area contributed by atoms with Gasteiger partial charge in [0.15, 0.2) is 0 Å². The van der Waals surface area contributed by atoms with E-state index in [1.54, 1.807) is 12.1 Å². The lowest BCUT2D eigenvalue weighted by Crippen LogP contribution is -1.98. The number of hydrogen-bond acceptors (Lipinski definition) is 3. The van der Waals surface area contributed by atoms with Crippen LogP contribution in [0.1, 0.15) is 0 Å². The third-order valence-corrected chi connectivity index (χ3v) is 3.24. The molecule has 0 fully saturated rings. The van der Waals surface area contributed by atoms with Gasteiger partial charge in [-0.2, -0.15) is 0 Å². The molecule has 0 atom stereocenters. The summed E-state index contributed by atoms with van der Waals surface area (Å²) in [6, 6.07) is 15.7. The minimum atomic E-state index is -0.318. The maximum absolute atomic E-state index is 13.3. The first-order valence-electron chi connectivity index (χ1n) is 6.32. The molecule has 0 unspecified atom stereocenters. The van der Waals surface area contributed by atoms with E-state index in [0.717, 1.165) is 5.56 Å². The second-order valence-electron chi connectivity index (χ2n) is 4.39. The van der Waals surface area contributed by atoms with Crippen molar-refractivity contribution in [2.24, 2.45) is 0 Å². The van der Waals surface area contributed by atoms with Crippen molar-refractivity contribution in [3.05, 3.63) is 71.9 Å². The Bertz CT molecular complexity index is 762. The zero-order chi connectivity index (χ0) is 14.7. The maximum atomic E-state index is 13.3. The molecule has 104 valence electrons. The molecule has 2 aromatic carbocycles. The fraction of sp³-hybridized carbons (Fsp3) is 0. The average Bonchev–Trinajstić information content (AvgIpc) is 2.48. The summed E-state index contributed by atoms with van der Waals surface area (Å²) < 4.78 is 13.3. The molecule has 3 nitrogen and oxygen atoms in total. The highest BCUT2D eigenvalue weighted by Crippen LogP contribution is 2.33. The van der Waals surface area contributed by atoms with Crippen molar-refractivity contribution in [1.29, 1.82) is 0 Å². The van der Waals surface area contributed by atoms with E-state index in [0.29, 0.717) is 22.2 Å². The Morgan fingerprint density at radius 3 is 2.52 bits per heavy atom. The Balaban J connectivity index is 2.05. The number of rotatable bonds is 3. The highest BCUT2D eigenvalue weighted by atomic mass is 35.5. The smallest absolute Gasteiger partial charge is 0.143 e. The monoisotopic (exact) mass is 299 g/mol. The number of nitrogens with one attached hydrogen (secondary N) is 1. The molecular weight excluding hydrogens is 289 g/mol. The summed E-state index contributed by atoms with van der Waals surface area (Å²) in [6.45, 7) is 0. The predicted octanol–water partition coefficient (Wildman–Crippen LogP) is 4.68. The van der Waals surface area contributed by atoms with Crippen LogP contribution in [0.3, 0.4) is 0 Å². The first kappa shape index (κ1) is 13.5. The van der Waals surface area contributed by atoms with E-state index < -0.39 is 0 Å². The number of hydrogen-bond donors (Lipinski definition) is 1. The van der Waals surface area contributed by atoms with Gasteiger partial charge in [-0.05, 0) is 23.8 Å². The minimum Gasteiger partial charge on any atom is -0.339 e. The molecule has 1 aromatic heterocycles. The van der Waals surface area contributed by atoms with Gasteiger partial charge in [0, 0.05) is 5.69 Å². The molecule has 0 bridgehead atoms. The molecule has 5 heteroatoms. The number of anilines is 2. The molecule has 0 spiro atoms. The van der Waals surface area contributed by atoms with Gasteiger partial charge in [-0.25, -0.2) is 14.4 Å². The van der Waals surface area contributed by atoms with Crippen LogP contribution in [0.5, 0.6) is 0 Å². The summed E-state index contributed by atoms with van der Waals surface area (Å²) in [5.41, 5.74) is 2.17. The van der Waals surface area contributed by atoms with Crippen molar-refractivity contribution in [1.82, 2.24) is 9.97 Å². The van der Waals surface area contributed by atoms with Crippen LogP contribution >= 0.6 is 11.6 Å². The van der Waals surface area contributed by atoms with Crippen molar-refractivity contribution >= 4 is 23.1 Å². The third-order valence-electron chi connectivity index (χ3n) is 2.95. The van der Waals surface area contributed by atoms with E-state index in [2.05, 4.69) is 15.3 Å². The summed E-state index contributed by atoms with van der Waals surface area (Å²) in [6.07, 6.45) is 1.37. The Kier molecular flexibility index (Phi) is 3.79. The first-order chi connectivity index (χ1) is 10.2. The van der Waals surface area contributed by atoms with Gasteiger partial charge in [0.1, 0.15) is 23.1 Å².